The minimum absolute atomic E-state index is 0.0576. The number of benzene rings is 1. The molecule has 0 atom stereocenters. The Morgan fingerprint density at radius 2 is 1.93 bits per heavy atom. The maximum Gasteiger partial charge on any atom is 0.265 e. The van der Waals surface area contributed by atoms with Gasteiger partial charge in [-0.25, -0.2) is 8.42 Å². The van der Waals surface area contributed by atoms with Crippen LogP contribution in [0.1, 0.15) is 5.56 Å². The van der Waals surface area contributed by atoms with Gasteiger partial charge in [0.05, 0.1) is 4.90 Å². The number of azide groups is 1. The predicted molar refractivity (Wildman–Crippen MR) is 62.9 cm³/mol. The van der Waals surface area contributed by atoms with Gasteiger partial charge in [0.15, 0.2) is 0 Å². The second-order valence-electron chi connectivity index (χ2n) is 2.68. The van der Waals surface area contributed by atoms with Crippen molar-refractivity contribution in [3.8, 4) is 0 Å². The van der Waals surface area contributed by atoms with Crippen molar-refractivity contribution in [2.45, 2.75) is 11.8 Å². The van der Waals surface area contributed by atoms with E-state index in [-0.39, 0.29) is 4.90 Å². The van der Waals surface area contributed by atoms with E-state index < -0.39 is 10.0 Å². The van der Waals surface area contributed by atoms with E-state index in [1.807, 2.05) is 6.92 Å². The number of rotatable bonds is 2. The van der Waals surface area contributed by atoms with Gasteiger partial charge in [0.1, 0.15) is 0 Å². The molecule has 0 N–H and O–H groups in total. The first-order valence-corrected chi connectivity index (χ1v) is 6.68. The summed E-state index contributed by atoms with van der Waals surface area (Å²) in [5.41, 5.74) is 9.01. The largest absolute Gasteiger partial charge is 0.265 e. The van der Waals surface area contributed by atoms with E-state index >= 15 is 0 Å². The standard InChI is InChI=1S/C7H5Br2N3O2S/c1-4-2-6(9)7(3-5(4)8)15(13,14)12-11-10/h2-3H,1H3. The summed E-state index contributed by atoms with van der Waals surface area (Å²) in [5, 5.41) is 0. The van der Waals surface area contributed by atoms with Crippen molar-refractivity contribution in [2.24, 2.45) is 4.52 Å². The van der Waals surface area contributed by atoms with Crippen molar-refractivity contribution in [3.63, 3.8) is 0 Å². The first-order valence-electron chi connectivity index (χ1n) is 3.65. The predicted octanol–water partition coefficient (Wildman–Crippen LogP) is 3.52. The molecule has 5 nitrogen and oxygen atoms in total. The third kappa shape index (κ3) is 2.72. The number of hydrogen-bond donors (Lipinski definition) is 0. The SMILES string of the molecule is Cc1cc(Br)c(S(=O)(=O)N=[N+]=[N-])cc1Br. The van der Waals surface area contributed by atoms with Crippen molar-refractivity contribution >= 4 is 41.9 Å². The lowest BCUT2D eigenvalue weighted by atomic mass is 10.2. The summed E-state index contributed by atoms with van der Waals surface area (Å²) in [6, 6.07) is 3.02. The molecule has 0 fully saturated rings. The Kier molecular flexibility index (Phi) is 3.77. The zero-order valence-corrected chi connectivity index (χ0v) is 11.5. The Labute approximate surface area is 103 Å². The smallest absolute Gasteiger partial charge is 0.216 e. The number of aryl methyl sites for hydroxylation is 1. The molecule has 80 valence electrons. The Hall–Kier alpha value is -0.560. The third-order valence-corrected chi connectivity index (χ3v) is 4.59. The van der Waals surface area contributed by atoms with E-state index in [0.29, 0.717) is 8.95 Å². The molecule has 1 aromatic carbocycles. The molecule has 0 aliphatic heterocycles. The lowest BCUT2D eigenvalue weighted by molar-refractivity contribution is 0.597. The maximum atomic E-state index is 11.4. The van der Waals surface area contributed by atoms with Crippen LogP contribution >= 0.6 is 31.9 Å². The average Bonchev–Trinajstić information content (AvgIpc) is 2.11. The first-order chi connectivity index (χ1) is 6.88. The van der Waals surface area contributed by atoms with Crippen LogP contribution in [0.4, 0.5) is 0 Å². The number of hydrogen-bond acceptors (Lipinski definition) is 2. The monoisotopic (exact) mass is 353 g/mol. The Morgan fingerprint density at radius 1 is 1.33 bits per heavy atom. The quantitative estimate of drug-likeness (QED) is 0.462. The second-order valence-corrected chi connectivity index (χ2v) is 5.94. The molecule has 0 amide bonds. The van der Waals surface area contributed by atoms with Crippen LogP contribution in [0.3, 0.4) is 0 Å². The number of nitrogens with zero attached hydrogens (tertiary/aromatic N) is 3. The molecule has 1 aromatic rings. The van der Waals surface area contributed by atoms with E-state index in [9.17, 15) is 8.42 Å². The van der Waals surface area contributed by atoms with E-state index in [4.69, 9.17) is 5.53 Å². The topological polar surface area (TPSA) is 82.9 Å². The zero-order chi connectivity index (χ0) is 11.6. The molecule has 0 unspecified atom stereocenters. The van der Waals surface area contributed by atoms with Crippen molar-refractivity contribution in [3.05, 3.63) is 37.1 Å². The number of sulfonamides is 1. The summed E-state index contributed by atoms with van der Waals surface area (Å²) >= 11 is 6.31. The molecule has 0 aliphatic carbocycles. The molecule has 15 heavy (non-hydrogen) atoms. The molecular weight excluding hydrogens is 350 g/mol. The van der Waals surface area contributed by atoms with Gasteiger partial charge in [-0.2, -0.15) is 0 Å². The van der Waals surface area contributed by atoms with E-state index in [2.05, 4.69) is 41.3 Å². The molecule has 8 heteroatoms. The third-order valence-electron chi connectivity index (χ3n) is 1.64. The Balaban J connectivity index is 3.52. The van der Waals surface area contributed by atoms with Crippen LogP contribution < -0.4 is 0 Å². The van der Waals surface area contributed by atoms with Crippen LogP contribution in [0.2, 0.25) is 0 Å². The maximum absolute atomic E-state index is 11.4. The van der Waals surface area contributed by atoms with Crippen LogP contribution in [-0.2, 0) is 10.0 Å². The van der Waals surface area contributed by atoms with Gasteiger partial charge >= 0.3 is 0 Å². The highest BCUT2D eigenvalue weighted by Gasteiger charge is 2.17. The fourth-order valence-electron chi connectivity index (χ4n) is 0.918. The van der Waals surface area contributed by atoms with Gasteiger partial charge in [0, 0.05) is 18.4 Å². The Morgan fingerprint density at radius 3 is 2.47 bits per heavy atom. The molecular formula is C7H5Br2N3O2S. The molecule has 0 heterocycles. The van der Waals surface area contributed by atoms with Crippen molar-refractivity contribution in [2.75, 3.05) is 0 Å². The highest BCUT2D eigenvalue weighted by molar-refractivity contribution is 9.11. The van der Waals surface area contributed by atoms with Crippen LogP contribution in [0.25, 0.3) is 10.4 Å². The summed E-state index contributed by atoms with van der Waals surface area (Å²) in [6.45, 7) is 1.82. The lowest BCUT2D eigenvalue weighted by Gasteiger charge is -2.04. The normalized spacial score (nSPS) is 10.9. The zero-order valence-electron chi connectivity index (χ0n) is 7.48. The minimum atomic E-state index is -3.95. The van der Waals surface area contributed by atoms with Gasteiger partial charge in [-0.1, -0.05) is 15.9 Å². The van der Waals surface area contributed by atoms with Gasteiger partial charge < -0.3 is 0 Å². The molecule has 0 spiro atoms. The summed E-state index contributed by atoms with van der Waals surface area (Å²) < 4.78 is 26.7. The van der Waals surface area contributed by atoms with Crippen LogP contribution in [-0.4, -0.2) is 8.42 Å². The second kappa shape index (κ2) is 4.52. The number of halogens is 2. The lowest BCUT2D eigenvalue weighted by Crippen LogP contribution is -1.97. The summed E-state index contributed by atoms with van der Waals surface area (Å²) in [4.78, 5) is 2.22. The van der Waals surface area contributed by atoms with E-state index in [1.165, 1.54) is 6.07 Å². The molecule has 1 rings (SSSR count). The van der Waals surface area contributed by atoms with E-state index in [1.54, 1.807) is 6.07 Å². The van der Waals surface area contributed by atoms with Gasteiger partial charge in [-0.05, 0) is 46.1 Å². The first kappa shape index (κ1) is 12.5. The van der Waals surface area contributed by atoms with Gasteiger partial charge in [0.25, 0.3) is 10.0 Å². The molecule has 0 aliphatic rings. The van der Waals surface area contributed by atoms with Gasteiger partial charge in [-0.3, -0.25) is 0 Å². The van der Waals surface area contributed by atoms with Crippen molar-refractivity contribution in [1.82, 2.24) is 0 Å². The van der Waals surface area contributed by atoms with Gasteiger partial charge in [-0.15, -0.1) is 0 Å². The van der Waals surface area contributed by atoms with Crippen LogP contribution in [0.15, 0.2) is 30.5 Å². The van der Waals surface area contributed by atoms with Crippen molar-refractivity contribution < 1.29 is 8.42 Å². The van der Waals surface area contributed by atoms with Crippen LogP contribution in [0, 0.1) is 6.92 Å². The summed E-state index contributed by atoms with van der Waals surface area (Å²) in [6.07, 6.45) is 0. The van der Waals surface area contributed by atoms with Crippen molar-refractivity contribution in [1.29, 1.82) is 0 Å². The average molecular weight is 355 g/mol. The fraction of sp³-hybridized carbons (Fsp3) is 0.143. The molecule has 0 saturated carbocycles. The highest BCUT2D eigenvalue weighted by Crippen LogP contribution is 2.29. The highest BCUT2D eigenvalue weighted by atomic mass is 79.9. The summed E-state index contributed by atoms with van der Waals surface area (Å²) in [5.74, 6) is 0. The van der Waals surface area contributed by atoms with E-state index in [0.717, 1.165) is 5.56 Å². The summed E-state index contributed by atoms with van der Waals surface area (Å²) in [7, 11) is -3.95. The van der Waals surface area contributed by atoms with Crippen LogP contribution in [0.5, 0.6) is 0 Å². The minimum Gasteiger partial charge on any atom is -0.216 e. The molecule has 0 aromatic heterocycles. The van der Waals surface area contributed by atoms with Gasteiger partial charge in [0.2, 0.25) is 0 Å². The molecule has 0 radical (unpaired) electrons. The Bertz CT molecular complexity index is 550. The molecule has 0 saturated heterocycles. The molecule has 0 bridgehead atoms. The fourth-order valence-corrected chi connectivity index (χ4v) is 3.24.